The first-order chi connectivity index (χ1) is 8.28. The molecule has 0 aliphatic heterocycles. The molecule has 0 radical (unpaired) electrons. The van der Waals surface area contributed by atoms with Gasteiger partial charge in [-0.25, -0.2) is 8.42 Å². The monoisotopic (exact) mass is 297 g/mol. The summed E-state index contributed by atoms with van der Waals surface area (Å²) >= 11 is 5.73. The minimum atomic E-state index is -3.20. The number of sulfonamides is 1. The van der Waals surface area contributed by atoms with Crippen molar-refractivity contribution in [3.8, 4) is 0 Å². The van der Waals surface area contributed by atoms with E-state index < -0.39 is 10.0 Å². The number of alkyl halides is 1. The molecule has 0 aromatic rings. The van der Waals surface area contributed by atoms with E-state index in [-0.39, 0.29) is 17.7 Å². The van der Waals surface area contributed by atoms with Crippen molar-refractivity contribution in [2.24, 2.45) is 11.8 Å². The zero-order valence-corrected chi connectivity index (χ0v) is 13.9. The number of hydrogen-bond donors (Lipinski definition) is 0. The van der Waals surface area contributed by atoms with Crippen LogP contribution in [-0.2, 0) is 10.0 Å². The highest BCUT2D eigenvalue weighted by molar-refractivity contribution is 7.89. The van der Waals surface area contributed by atoms with Crippen molar-refractivity contribution >= 4 is 21.6 Å². The van der Waals surface area contributed by atoms with Crippen molar-refractivity contribution in [2.45, 2.75) is 53.5 Å². The van der Waals surface area contributed by atoms with Crippen LogP contribution in [0.5, 0.6) is 0 Å². The third-order valence-electron chi connectivity index (χ3n) is 3.01. The van der Waals surface area contributed by atoms with Crippen LogP contribution in [0.3, 0.4) is 0 Å². The third-order valence-corrected chi connectivity index (χ3v) is 5.69. The molecule has 0 amide bonds. The molecule has 0 saturated carbocycles. The van der Waals surface area contributed by atoms with Crippen LogP contribution in [-0.4, -0.2) is 36.9 Å². The lowest BCUT2D eigenvalue weighted by molar-refractivity contribution is 0.275. The molecule has 0 rings (SSSR count). The van der Waals surface area contributed by atoms with Gasteiger partial charge in [0.15, 0.2) is 0 Å². The summed E-state index contributed by atoms with van der Waals surface area (Å²) in [4.78, 5) is 0. The number of halogens is 1. The highest BCUT2D eigenvalue weighted by atomic mass is 35.5. The Labute approximate surface area is 118 Å². The van der Waals surface area contributed by atoms with Gasteiger partial charge in [0.1, 0.15) is 0 Å². The molecule has 0 fully saturated rings. The van der Waals surface area contributed by atoms with Crippen LogP contribution in [0.1, 0.15) is 47.5 Å². The highest BCUT2D eigenvalue weighted by Gasteiger charge is 2.29. The van der Waals surface area contributed by atoms with Gasteiger partial charge < -0.3 is 0 Å². The van der Waals surface area contributed by atoms with Crippen LogP contribution in [0, 0.1) is 11.8 Å². The van der Waals surface area contributed by atoms with Crippen LogP contribution in [0.25, 0.3) is 0 Å². The van der Waals surface area contributed by atoms with Crippen LogP contribution in [0.15, 0.2) is 0 Å². The fraction of sp³-hybridized carbons (Fsp3) is 1.00. The molecule has 0 saturated heterocycles. The predicted octanol–water partition coefficient (Wildman–Crippen LogP) is 3.34. The summed E-state index contributed by atoms with van der Waals surface area (Å²) in [5, 5.41) is 0. The lowest BCUT2D eigenvalue weighted by Crippen LogP contribution is -2.44. The average Bonchev–Trinajstić information content (AvgIpc) is 2.28. The van der Waals surface area contributed by atoms with Gasteiger partial charge in [-0.15, -0.1) is 11.6 Å². The molecule has 0 heterocycles. The zero-order valence-electron chi connectivity index (χ0n) is 12.3. The lowest BCUT2D eigenvalue weighted by atomic mass is 10.1. The van der Waals surface area contributed by atoms with Crippen molar-refractivity contribution in [2.75, 3.05) is 18.2 Å². The Bertz CT molecular complexity index is 313. The first kappa shape index (κ1) is 18.2. The maximum absolute atomic E-state index is 12.5. The van der Waals surface area contributed by atoms with Crippen molar-refractivity contribution in [3.63, 3.8) is 0 Å². The molecule has 18 heavy (non-hydrogen) atoms. The van der Waals surface area contributed by atoms with Gasteiger partial charge >= 0.3 is 0 Å². The number of nitrogens with zero attached hydrogens (tertiary/aromatic N) is 1. The van der Waals surface area contributed by atoms with Crippen molar-refractivity contribution in [1.82, 2.24) is 4.31 Å². The molecule has 0 aromatic carbocycles. The topological polar surface area (TPSA) is 37.4 Å². The summed E-state index contributed by atoms with van der Waals surface area (Å²) in [6.45, 7) is 10.7. The van der Waals surface area contributed by atoms with Crippen LogP contribution in [0.4, 0.5) is 0 Å². The third kappa shape index (κ3) is 5.89. The van der Waals surface area contributed by atoms with E-state index in [0.29, 0.717) is 18.3 Å². The Kier molecular flexibility index (Phi) is 8.48. The van der Waals surface area contributed by atoms with E-state index in [9.17, 15) is 8.42 Å². The summed E-state index contributed by atoms with van der Waals surface area (Å²) in [6.07, 6.45) is 1.72. The predicted molar refractivity (Wildman–Crippen MR) is 79.6 cm³/mol. The molecular weight excluding hydrogens is 270 g/mol. The van der Waals surface area contributed by atoms with Gasteiger partial charge in [0.25, 0.3) is 0 Å². The molecule has 110 valence electrons. The van der Waals surface area contributed by atoms with Crippen molar-refractivity contribution in [1.29, 1.82) is 0 Å². The summed E-state index contributed by atoms with van der Waals surface area (Å²) in [7, 11) is -3.20. The van der Waals surface area contributed by atoms with Crippen LogP contribution < -0.4 is 0 Å². The quantitative estimate of drug-likeness (QED) is 0.612. The molecule has 0 aromatic heterocycles. The summed E-state index contributed by atoms with van der Waals surface area (Å²) in [5.74, 6) is 0.879. The fourth-order valence-corrected chi connectivity index (χ4v) is 4.59. The second kappa shape index (κ2) is 8.39. The largest absolute Gasteiger partial charge is 0.214 e. The van der Waals surface area contributed by atoms with Crippen molar-refractivity contribution in [3.05, 3.63) is 0 Å². The van der Waals surface area contributed by atoms with E-state index >= 15 is 0 Å². The Balaban J connectivity index is 5.04. The first-order valence-corrected chi connectivity index (χ1v) is 8.98. The van der Waals surface area contributed by atoms with Crippen LogP contribution in [0.2, 0.25) is 0 Å². The van der Waals surface area contributed by atoms with Crippen LogP contribution >= 0.6 is 11.6 Å². The van der Waals surface area contributed by atoms with Gasteiger partial charge in [-0.1, -0.05) is 34.6 Å². The molecule has 5 heteroatoms. The van der Waals surface area contributed by atoms with E-state index in [4.69, 9.17) is 11.6 Å². The first-order valence-electron chi connectivity index (χ1n) is 6.83. The smallest absolute Gasteiger partial charge is 0.212 e. The molecule has 3 nitrogen and oxygen atoms in total. The SMILES string of the molecule is CCC(CC)N(CC(C)C)S(=O)(=O)CC(C)CCl. The summed E-state index contributed by atoms with van der Waals surface area (Å²) in [5.41, 5.74) is 0. The van der Waals surface area contributed by atoms with Gasteiger partial charge in [-0.2, -0.15) is 4.31 Å². The second-order valence-electron chi connectivity index (χ2n) is 5.47. The van der Waals surface area contributed by atoms with E-state index in [0.717, 1.165) is 12.8 Å². The minimum absolute atomic E-state index is 0.000640. The standard InChI is InChI=1S/C13H28ClNO2S/c1-6-13(7-2)15(9-11(3)4)18(16,17)10-12(5)8-14/h11-13H,6-10H2,1-5H3. The fourth-order valence-electron chi connectivity index (χ4n) is 2.05. The van der Waals surface area contributed by atoms with E-state index in [1.807, 2.05) is 20.8 Å². The summed E-state index contributed by atoms with van der Waals surface area (Å²) < 4.78 is 26.6. The van der Waals surface area contributed by atoms with Gasteiger partial charge in [-0.3, -0.25) is 0 Å². The highest BCUT2D eigenvalue weighted by Crippen LogP contribution is 2.18. The Hall–Kier alpha value is 0.200. The number of rotatable bonds is 9. The molecule has 0 spiro atoms. The molecule has 0 aliphatic rings. The average molecular weight is 298 g/mol. The van der Waals surface area contributed by atoms with E-state index in [1.54, 1.807) is 4.31 Å². The molecule has 0 aliphatic carbocycles. The molecule has 0 N–H and O–H groups in total. The molecule has 0 bridgehead atoms. The zero-order chi connectivity index (χ0) is 14.3. The summed E-state index contributed by atoms with van der Waals surface area (Å²) in [6, 6.07) is 0.111. The van der Waals surface area contributed by atoms with Gasteiger partial charge in [0.05, 0.1) is 5.75 Å². The molecular formula is C13H28ClNO2S. The van der Waals surface area contributed by atoms with Gasteiger partial charge in [0.2, 0.25) is 10.0 Å². The van der Waals surface area contributed by atoms with Gasteiger partial charge in [0, 0.05) is 18.5 Å². The Morgan fingerprint density at radius 2 is 1.61 bits per heavy atom. The van der Waals surface area contributed by atoms with Gasteiger partial charge in [-0.05, 0) is 24.7 Å². The number of hydrogen-bond acceptors (Lipinski definition) is 2. The molecule has 1 atom stereocenters. The van der Waals surface area contributed by atoms with E-state index in [2.05, 4.69) is 13.8 Å². The molecule has 1 unspecified atom stereocenters. The van der Waals surface area contributed by atoms with Crippen molar-refractivity contribution < 1.29 is 8.42 Å². The minimum Gasteiger partial charge on any atom is -0.212 e. The Morgan fingerprint density at radius 1 is 1.11 bits per heavy atom. The lowest BCUT2D eigenvalue weighted by Gasteiger charge is -2.31. The maximum atomic E-state index is 12.5. The van der Waals surface area contributed by atoms with E-state index in [1.165, 1.54) is 0 Å². The normalized spacial score (nSPS) is 14.7. The Morgan fingerprint density at radius 3 is 1.94 bits per heavy atom. The second-order valence-corrected chi connectivity index (χ2v) is 7.75. The maximum Gasteiger partial charge on any atom is 0.214 e.